The second-order valence-corrected chi connectivity index (χ2v) is 7.95. The van der Waals surface area contributed by atoms with Crippen LogP contribution in [-0.2, 0) is 0 Å². The fourth-order valence-electron chi connectivity index (χ4n) is 3.20. The standard InChI is InChI=1S/C22H14S2/c1-2-9-16-15(7-1)8-5-13-19(16)23-21-14-6-11-18-17-10-3-4-12-20(17)24-22(18)21/h1-14H. The Balaban J connectivity index is 1.72. The van der Waals surface area contributed by atoms with Crippen molar-refractivity contribution in [1.29, 1.82) is 0 Å². The van der Waals surface area contributed by atoms with Gasteiger partial charge in [0.05, 0.1) is 0 Å². The molecule has 0 unspecified atom stereocenters. The quantitative estimate of drug-likeness (QED) is 0.323. The molecule has 5 aromatic rings. The third-order valence-electron chi connectivity index (χ3n) is 4.34. The van der Waals surface area contributed by atoms with Crippen molar-refractivity contribution in [1.82, 2.24) is 0 Å². The molecule has 0 aliphatic heterocycles. The second kappa shape index (κ2) is 5.66. The number of hydrogen-bond donors (Lipinski definition) is 0. The predicted octanol–water partition coefficient (Wildman–Crippen LogP) is 7.36. The third kappa shape index (κ3) is 2.22. The van der Waals surface area contributed by atoms with Gasteiger partial charge >= 0.3 is 0 Å². The number of hydrogen-bond acceptors (Lipinski definition) is 2. The molecule has 24 heavy (non-hydrogen) atoms. The monoisotopic (exact) mass is 342 g/mol. The van der Waals surface area contributed by atoms with Gasteiger partial charge in [-0.2, -0.15) is 0 Å². The Morgan fingerprint density at radius 2 is 1.21 bits per heavy atom. The molecule has 0 bridgehead atoms. The van der Waals surface area contributed by atoms with E-state index in [4.69, 9.17) is 0 Å². The minimum atomic E-state index is 1.30. The highest BCUT2D eigenvalue weighted by atomic mass is 32.2. The third-order valence-corrected chi connectivity index (χ3v) is 6.82. The molecule has 0 fully saturated rings. The fraction of sp³-hybridized carbons (Fsp3) is 0. The molecule has 5 rings (SSSR count). The van der Waals surface area contributed by atoms with Gasteiger partial charge in [-0.3, -0.25) is 0 Å². The first-order valence-corrected chi connectivity index (χ1v) is 9.59. The van der Waals surface area contributed by atoms with Crippen molar-refractivity contribution in [2.45, 2.75) is 9.79 Å². The Hall–Kier alpha value is -2.29. The Morgan fingerprint density at radius 1 is 0.542 bits per heavy atom. The van der Waals surface area contributed by atoms with Crippen LogP contribution in [0.3, 0.4) is 0 Å². The first kappa shape index (κ1) is 14.1. The van der Waals surface area contributed by atoms with Crippen molar-refractivity contribution in [2.24, 2.45) is 0 Å². The van der Waals surface area contributed by atoms with E-state index in [1.54, 1.807) is 0 Å². The van der Waals surface area contributed by atoms with E-state index >= 15 is 0 Å². The van der Waals surface area contributed by atoms with Gasteiger partial charge in [0.15, 0.2) is 0 Å². The summed E-state index contributed by atoms with van der Waals surface area (Å²) in [5.74, 6) is 0. The van der Waals surface area contributed by atoms with Crippen LogP contribution >= 0.6 is 23.1 Å². The van der Waals surface area contributed by atoms with Gasteiger partial charge in [-0.15, -0.1) is 11.3 Å². The summed E-state index contributed by atoms with van der Waals surface area (Å²) in [6, 6.07) is 30.5. The molecule has 0 saturated carbocycles. The Bertz CT molecular complexity index is 1180. The van der Waals surface area contributed by atoms with E-state index in [2.05, 4.69) is 84.9 Å². The van der Waals surface area contributed by atoms with Gasteiger partial charge in [0, 0.05) is 30.0 Å². The Morgan fingerprint density at radius 3 is 2.17 bits per heavy atom. The van der Waals surface area contributed by atoms with Gasteiger partial charge in [-0.25, -0.2) is 0 Å². The lowest BCUT2D eigenvalue weighted by atomic mass is 10.1. The van der Waals surface area contributed by atoms with Crippen molar-refractivity contribution in [2.75, 3.05) is 0 Å². The molecule has 0 N–H and O–H groups in total. The summed E-state index contributed by atoms with van der Waals surface area (Å²) in [7, 11) is 0. The highest BCUT2D eigenvalue weighted by molar-refractivity contribution is 8.00. The minimum Gasteiger partial charge on any atom is -0.134 e. The number of thiophene rings is 1. The van der Waals surface area contributed by atoms with Crippen molar-refractivity contribution in [3.63, 3.8) is 0 Å². The minimum absolute atomic E-state index is 1.30. The van der Waals surface area contributed by atoms with Crippen LogP contribution in [0.4, 0.5) is 0 Å². The molecular formula is C22H14S2. The molecular weight excluding hydrogens is 328 g/mol. The Labute approximate surface area is 148 Å². The molecule has 0 atom stereocenters. The molecule has 0 aliphatic rings. The molecule has 0 spiro atoms. The SMILES string of the molecule is c1ccc2c(Sc3cccc4c3sc3ccccc34)cccc2c1. The van der Waals surface area contributed by atoms with Crippen LogP contribution < -0.4 is 0 Å². The topological polar surface area (TPSA) is 0 Å². The average Bonchev–Trinajstić information content (AvgIpc) is 3.02. The maximum absolute atomic E-state index is 2.24. The summed E-state index contributed by atoms with van der Waals surface area (Å²) in [5.41, 5.74) is 0. The maximum Gasteiger partial charge on any atom is 0.0494 e. The van der Waals surface area contributed by atoms with E-state index in [9.17, 15) is 0 Å². The molecule has 4 aromatic carbocycles. The fourth-order valence-corrected chi connectivity index (χ4v) is 5.59. The van der Waals surface area contributed by atoms with Crippen molar-refractivity contribution in [3.8, 4) is 0 Å². The summed E-state index contributed by atoms with van der Waals surface area (Å²) in [6.45, 7) is 0. The van der Waals surface area contributed by atoms with E-state index in [-0.39, 0.29) is 0 Å². The van der Waals surface area contributed by atoms with Crippen LogP contribution in [0.1, 0.15) is 0 Å². The van der Waals surface area contributed by atoms with Crippen LogP contribution in [-0.4, -0.2) is 0 Å². The number of rotatable bonds is 2. The van der Waals surface area contributed by atoms with Crippen LogP contribution in [0.5, 0.6) is 0 Å². The molecule has 1 heterocycles. The average molecular weight is 342 g/mol. The van der Waals surface area contributed by atoms with Crippen LogP contribution in [0, 0.1) is 0 Å². The summed E-state index contributed by atoms with van der Waals surface area (Å²) in [4.78, 5) is 2.66. The first-order valence-electron chi connectivity index (χ1n) is 7.96. The van der Waals surface area contributed by atoms with E-state index in [0.29, 0.717) is 0 Å². The molecule has 2 heteroatoms. The van der Waals surface area contributed by atoms with Crippen LogP contribution in [0.25, 0.3) is 30.9 Å². The van der Waals surface area contributed by atoms with Gasteiger partial charge < -0.3 is 0 Å². The van der Waals surface area contributed by atoms with Crippen molar-refractivity contribution in [3.05, 3.63) is 84.9 Å². The van der Waals surface area contributed by atoms with Gasteiger partial charge in [0.1, 0.15) is 0 Å². The molecule has 0 nitrogen and oxygen atoms in total. The van der Waals surface area contributed by atoms with Crippen molar-refractivity contribution >= 4 is 54.0 Å². The molecule has 0 aliphatic carbocycles. The normalized spacial score (nSPS) is 11.5. The lowest BCUT2D eigenvalue weighted by Crippen LogP contribution is -1.78. The highest BCUT2D eigenvalue weighted by Crippen LogP contribution is 2.42. The Kier molecular flexibility index (Phi) is 3.32. The summed E-state index contributed by atoms with van der Waals surface area (Å²) in [6.07, 6.45) is 0. The molecule has 1 aromatic heterocycles. The largest absolute Gasteiger partial charge is 0.134 e. The summed E-state index contributed by atoms with van der Waals surface area (Å²) < 4.78 is 2.75. The van der Waals surface area contributed by atoms with E-state index in [1.165, 1.54) is 40.7 Å². The zero-order valence-electron chi connectivity index (χ0n) is 12.9. The number of benzene rings is 4. The lowest BCUT2D eigenvalue weighted by molar-refractivity contribution is 1.51. The predicted molar refractivity (Wildman–Crippen MR) is 107 cm³/mol. The summed E-state index contributed by atoms with van der Waals surface area (Å²) in [5, 5.41) is 5.34. The summed E-state index contributed by atoms with van der Waals surface area (Å²) >= 11 is 3.76. The first-order chi connectivity index (χ1) is 11.9. The van der Waals surface area contributed by atoms with Crippen molar-refractivity contribution < 1.29 is 0 Å². The molecule has 0 saturated heterocycles. The van der Waals surface area contributed by atoms with E-state index in [0.717, 1.165) is 0 Å². The molecule has 0 radical (unpaired) electrons. The highest BCUT2D eigenvalue weighted by Gasteiger charge is 2.10. The molecule has 0 amide bonds. The van der Waals surface area contributed by atoms with Crippen LogP contribution in [0.2, 0.25) is 0 Å². The zero-order chi connectivity index (χ0) is 15.9. The van der Waals surface area contributed by atoms with E-state index in [1.807, 2.05) is 23.1 Å². The van der Waals surface area contributed by atoms with Gasteiger partial charge in [-0.1, -0.05) is 78.5 Å². The molecule has 114 valence electrons. The zero-order valence-corrected chi connectivity index (χ0v) is 14.5. The van der Waals surface area contributed by atoms with Gasteiger partial charge in [-0.05, 0) is 29.0 Å². The van der Waals surface area contributed by atoms with Crippen LogP contribution in [0.15, 0.2) is 94.7 Å². The number of fused-ring (bicyclic) bond motifs is 4. The second-order valence-electron chi connectivity index (χ2n) is 5.81. The smallest absolute Gasteiger partial charge is 0.0494 e. The van der Waals surface area contributed by atoms with E-state index < -0.39 is 0 Å². The maximum atomic E-state index is 2.24. The van der Waals surface area contributed by atoms with Gasteiger partial charge in [0.25, 0.3) is 0 Å². The van der Waals surface area contributed by atoms with Gasteiger partial charge in [0.2, 0.25) is 0 Å². The lowest BCUT2D eigenvalue weighted by Gasteiger charge is -2.07.